The van der Waals surface area contributed by atoms with Crippen molar-refractivity contribution in [1.29, 1.82) is 0 Å². The fraction of sp³-hybridized carbons (Fsp3) is 0.400. The van der Waals surface area contributed by atoms with Crippen molar-refractivity contribution in [3.8, 4) is 0 Å². The lowest BCUT2D eigenvalue weighted by Crippen LogP contribution is -2.21. The second kappa shape index (κ2) is 4.36. The first-order valence-electron chi connectivity index (χ1n) is 5.24. The van der Waals surface area contributed by atoms with Crippen molar-refractivity contribution in [3.63, 3.8) is 0 Å². The second-order valence-corrected chi connectivity index (χ2v) is 3.46. The molecule has 7 nitrogen and oxygen atoms in total. The summed E-state index contributed by atoms with van der Waals surface area (Å²) >= 11 is 0. The number of ether oxygens (including phenoxy) is 1. The summed E-state index contributed by atoms with van der Waals surface area (Å²) in [5.74, 6) is 0.896. The van der Waals surface area contributed by atoms with E-state index in [0.717, 1.165) is 0 Å². The van der Waals surface area contributed by atoms with Gasteiger partial charge in [-0.3, -0.25) is 9.89 Å². The van der Waals surface area contributed by atoms with Crippen LogP contribution in [0.25, 0.3) is 11.0 Å². The van der Waals surface area contributed by atoms with E-state index < -0.39 is 0 Å². The minimum Gasteiger partial charge on any atom is -0.480 e. The molecule has 2 aromatic heterocycles. The van der Waals surface area contributed by atoms with Crippen LogP contribution >= 0.6 is 0 Å². The number of fused-ring (bicyclic) bond motifs is 1. The van der Waals surface area contributed by atoms with Crippen LogP contribution in [-0.4, -0.2) is 32.4 Å². The van der Waals surface area contributed by atoms with Crippen LogP contribution in [-0.2, 0) is 4.74 Å². The summed E-state index contributed by atoms with van der Waals surface area (Å²) in [6, 6.07) is 0. The molecule has 0 saturated heterocycles. The van der Waals surface area contributed by atoms with Crippen LogP contribution in [0.2, 0.25) is 0 Å². The van der Waals surface area contributed by atoms with Crippen LogP contribution in [0.4, 0.5) is 0 Å². The van der Waals surface area contributed by atoms with Gasteiger partial charge in [0.05, 0.1) is 12.8 Å². The van der Waals surface area contributed by atoms with Gasteiger partial charge < -0.3 is 4.74 Å². The Balaban J connectivity index is 2.61. The van der Waals surface area contributed by atoms with Crippen LogP contribution in [0.15, 0.2) is 16.1 Å². The molecule has 2 rings (SSSR count). The maximum absolute atomic E-state index is 12.1. The van der Waals surface area contributed by atoms with Crippen molar-refractivity contribution in [2.75, 3.05) is 6.61 Å². The van der Waals surface area contributed by atoms with E-state index in [1.165, 1.54) is 10.9 Å². The van der Waals surface area contributed by atoms with E-state index in [-0.39, 0.29) is 5.56 Å². The topological polar surface area (TPSA) is 85.2 Å². The lowest BCUT2D eigenvalue weighted by molar-refractivity contribution is 0.320. The van der Waals surface area contributed by atoms with E-state index >= 15 is 0 Å². The summed E-state index contributed by atoms with van der Waals surface area (Å²) in [6.07, 6.45) is 1.44. The van der Waals surface area contributed by atoms with E-state index in [4.69, 9.17) is 4.74 Å². The molecular formula is C10H13N5O2. The lowest BCUT2D eigenvalue weighted by Gasteiger charge is -2.05. The monoisotopic (exact) mass is 235 g/mol. The van der Waals surface area contributed by atoms with E-state index in [2.05, 4.69) is 20.3 Å². The Kier molecular flexibility index (Phi) is 2.90. The zero-order valence-corrected chi connectivity index (χ0v) is 9.89. The molecule has 0 fully saturated rings. The van der Waals surface area contributed by atoms with Gasteiger partial charge in [0, 0.05) is 6.92 Å². The van der Waals surface area contributed by atoms with Crippen LogP contribution < -0.4 is 5.56 Å². The molecule has 7 heteroatoms. The maximum atomic E-state index is 12.1. The molecule has 90 valence electrons. The Labute approximate surface area is 97.1 Å². The van der Waals surface area contributed by atoms with E-state index in [9.17, 15) is 4.79 Å². The molecule has 17 heavy (non-hydrogen) atoms. The number of aromatic amines is 1. The first-order valence-corrected chi connectivity index (χ1v) is 5.24. The largest absolute Gasteiger partial charge is 0.480 e. The van der Waals surface area contributed by atoms with Crippen molar-refractivity contribution < 1.29 is 4.74 Å². The summed E-state index contributed by atoms with van der Waals surface area (Å²) in [4.78, 5) is 16.2. The van der Waals surface area contributed by atoms with Gasteiger partial charge in [0.15, 0.2) is 5.65 Å². The summed E-state index contributed by atoms with van der Waals surface area (Å²) in [5, 5.41) is 10.9. The first kappa shape index (κ1) is 11.3. The van der Waals surface area contributed by atoms with Gasteiger partial charge in [-0.25, -0.2) is 4.98 Å². The minimum absolute atomic E-state index is 0.264. The minimum atomic E-state index is -0.264. The Morgan fingerprint density at radius 3 is 3.12 bits per heavy atom. The fourth-order valence-corrected chi connectivity index (χ4v) is 1.49. The highest BCUT2D eigenvalue weighted by molar-refractivity contribution is 5.74. The van der Waals surface area contributed by atoms with Crippen molar-refractivity contribution in [3.05, 3.63) is 22.4 Å². The molecule has 0 aliphatic heterocycles. The van der Waals surface area contributed by atoms with E-state index in [1.54, 1.807) is 13.8 Å². The van der Waals surface area contributed by atoms with Crippen molar-refractivity contribution in [1.82, 2.24) is 19.9 Å². The Morgan fingerprint density at radius 1 is 1.65 bits per heavy atom. The number of aromatic nitrogens is 4. The molecule has 2 heterocycles. The molecular weight excluding hydrogens is 222 g/mol. The lowest BCUT2D eigenvalue weighted by atomic mass is 10.4. The number of H-pyrrole nitrogens is 1. The van der Waals surface area contributed by atoms with E-state index in [0.29, 0.717) is 29.4 Å². The molecule has 0 unspecified atom stereocenters. The van der Waals surface area contributed by atoms with Gasteiger partial charge in [0.2, 0.25) is 5.90 Å². The highest BCUT2D eigenvalue weighted by Crippen LogP contribution is 2.03. The van der Waals surface area contributed by atoms with Crippen molar-refractivity contribution in [2.45, 2.75) is 20.8 Å². The van der Waals surface area contributed by atoms with Crippen LogP contribution in [0, 0.1) is 6.92 Å². The zero-order chi connectivity index (χ0) is 12.4. The number of hydrogen-bond donors (Lipinski definition) is 1. The average molecular weight is 235 g/mol. The molecule has 0 aliphatic rings. The van der Waals surface area contributed by atoms with Crippen LogP contribution in [0.3, 0.4) is 0 Å². The van der Waals surface area contributed by atoms with Gasteiger partial charge >= 0.3 is 0 Å². The predicted molar refractivity (Wildman–Crippen MR) is 63.0 cm³/mol. The molecule has 1 N–H and O–H groups in total. The van der Waals surface area contributed by atoms with Crippen molar-refractivity contribution >= 4 is 16.9 Å². The third kappa shape index (κ3) is 2.03. The number of hydrogen-bond acceptors (Lipinski definition) is 5. The molecule has 0 amide bonds. The predicted octanol–water partition coefficient (Wildman–Crippen LogP) is 0.646. The van der Waals surface area contributed by atoms with Gasteiger partial charge in [-0.1, -0.05) is 0 Å². The Bertz CT molecular complexity index is 625. The molecule has 0 aromatic carbocycles. The van der Waals surface area contributed by atoms with Gasteiger partial charge in [-0.2, -0.15) is 9.77 Å². The molecule has 0 spiro atoms. The molecule has 0 aliphatic carbocycles. The number of nitrogens with zero attached hydrogens (tertiary/aromatic N) is 4. The van der Waals surface area contributed by atoms with Gasteiger partial charge in [0.25, 0.3) is 5.56 Å². The SMILES string of the molecule is CCOC(C)=Nn1c(C)nc2[nH]ncc2c1=O. The maximum Gasteiger partial charge on any atom is 0.285 e. The van der Waals surface area contributed by atoms with Crippen LogP contribution in [0.1, 0.15) is 19.7 Å². The standard InChI is InChI=1S/C10H13N5O2/c1-4-17-7(3)14-15-6(2)12-9-8(10(15)16)5-11-13-9/h5H,4H2,1-3H3,(H,11,13). The number of rotatable bonds is 2. The van der Waals surface area contributed by atoms with Gasteiger partial charge in [-0.15, -0.1) is 5.10 Å². The quantitative estimate of drug-likeness (QED) is 0.611. The highest BCUT2D eigenvalue weighted by atomic mass is 16.5. The third-order valence-electron chi connectivity index (χ3n) is 2.22. The Hall–Kier alpha value is -2.18. The Morgan fingerprint density at radius 2 is 2.41 bits per heavy atom. The molecule has 0 atom stereocenters. The van der Waals surface area contributed by atoms with Crippen LogP contribution in [0.5, 0.6) is 0 Å². The summed E-state index contributed by atoms with van der Waals surface area (Å²) in [7, 11) is 0. The fourth-order valence-electron chi connectivity index (χ4n) is 1.49. The van der Waals surface area contributed by atoms with Crippen molar-refractivity contribution in [2.24, 2.45) is 5.10 Å². The van der Waals surface area contributed by atoms with Gasteiger partial charge in [-0.05, 0) is 13.8 Å². The summed E-state index contributed by atoms with van der Waals surface area (Å²) < 4.78 is 6.40. The molecule has 2 aromatic rings. The average Bonchev–Trinajstić information content (AvgIpc) is 2.72. The number of aryl methyl sites for hydroxylation is 1. The third-order valence-corrected chi connectivity index (χ3v) is 2.22. The molecule has 0 radical (unpaired) electrons. The first-order chi connectivity index (χ1) is 8.13. The molecule has 0 saturated carbocycles. The second-order valence-electron chi connectivity index (χ2n) is 3.46. The summed E-state index contributed by atoms with van der Waals surface area (Å²) in [5.41, 5.74) is 0.202. The van der Waals surface area contributed by atoms with Gasteiger partial charge in [0.1, 0.15) is 11.2 Å². The normalized spacial score (nSPS) is 12.1. The zero-order valence-electron chi connectivity index (χ0n) is 9.89. The smallest absolute Gasteiger partial charge is 0.285 e. The number of nitrogens with one attached hydrogen (secondary N) is 1. The highest BCUT2D eigenvalue weighted by Gasteiger charge is 2.09. The van der Waals surface area contributed by atoms with E-state index in [1.807, 2.05) is 6.92 Å². The molecule has 0 bridgehead atoms. The summed E-state index contributed by atoms with van der Waals surface area (Å²) in [6.45, 7) is 5.75.